The lowest BCUT2D eigenvalue weighted by Crippen LogP contribution is -2.35. The van der Waals surface area contributed by atoms with Crippen LogP contribution in [0.15, 0.2) is 5.11 Å². The number of alkyl halides is 3. The van der Waals surface area contributed by atoms with Crippen molar-refractivity contribution in [1.82, 2.24) is 0 Å². The quantitative estimate of drug-likeness (QED) is 0.425. The Balaban J connectivity index is 4.76. The molecule has 0 saturated carbocycles. The highest BCUT2D eigenvalue weighted by Crippen LogP contribution is 2.29. The molecule has 0 aromatic carbocycles. The fraction of sp³-hybridized carbons (Fsp3) is 0.800. The average Bonchev–Trinajstić information content (AvgIpc) is 1.96. The molecule has 8 heteroatoms. The molecule has 0 aliphatic heterocycles. The Bertz CT molecular complexity index is 244. The summed E-state index contributed by atoms with van der Waals surface area (Å²) in [6, 6.07) is -2.11. The molecule has 0 aliphatic rings. The van der Waals surface area contributed by atoms with Crippen molar-refractivity contribution < 1.29 is 23.1 Å². The monoisotopic (exact) mass is 197 g/mol. The van der Waals surface area contributed by atoms with Crippen LogP contribution in [0, 0.1) is 5.92 Å². The summed E-state index contributed by atoms with van der Waals surface area (Å²) in [7, 11) is 0. The van der Waals surface area contributed by atoms with Crippen molar-refractivity contribution in [3.63, 3.8) is 0 Å². The van der Waals surface area contributed by atoms with E-state index in [1.165, 1.54) is 0 Å². The molecule has 0 spiro atoms. The highest BCUT2D eigenvalue weighted by atomic mass is 19.4. The fourth-order valence-electron chi connectivity index (χ4n) is 0.598. The molecular formula is C5H6F3N3O2. The Morgan fingerprint density at radius 2 is 2.08 bits per heavy atom. The van der Waals surface area contributed by atoms with Gasteiger partial charge in [-0.2, -0.15) is 13.2 Å². The van der Waals surface area contributed by atoms with E-state index in [-0.39, 0.29) is 0 Å². The van der Waals surface area contributed by atoms with E-state index < -0.39 is 24.1 Å². The number of carboxylic acids is 1. The van der Waals surface area contributed by atoms with E-state index in [0.717, 1.165) is 0 Å². The van der Waals surface area contributed by atoms with Gasteiger partial charge in [-0.1, -0.05) is 12.0 Å². The van der Waals surface area contributed by atoms with Crippen molar-refractivity contribution in [2.24, 2.45) is 11.0 Å². The van der Waals surface area contributed by atoms with Gasteiger partial charge in [0.05, 0.1) is 5.92 Å². The molecule has 0 aromatic rings. The Kier molecular flexibility index (Phi) is 3.55. The van der Waals surface area contributed by atoms with Crippen LogP contribution in [-0.4, -0.2) is 23.3 Å². The SMILES string of the molecule is C[C@H](C(N=[N+]=[N-])C(=O)O)C(F)(F)F. The van der Waals surface area contributed by atoms with Gasteiger partial charge in [-0.15, -0.1) is 0 Å². The number of carbonyl (C=O) groups is 1. The Hall–Kier alpha value is -1.43. The molecule has 0 amide bonds. The predicted molar refractivity (Wildman–Crippen MR) is 35.8 cm³/mol. The third-order valence-corrected chi connectivity index (χ3v) is 1.42. The van der Waals surface area contributed by atoms with Gasteiger partial charge in [0, 0.05) is 4.91 Å². The highest BCUT2D eigenvalue weighted by Gasteiger charge is 2.43. The zero-order chi connectivity index (χ0) is 10.6. The normalized spacial score (nSPS) is 15.7. The second-order valence-corrected chi connectivity index (χ2v) is 2.32. The molecule has 0 rings (SSSR count). The predicted octanol–water partition coefficient (Wildman–Crippen LogP) is 1.95. The third-order valence-electron chi connectivity index (χ3n) is 1.42. The van der Waals surface area contributed by atoms with Gasteiger partial charge in [-0.05, 0) is 5.53 Å². The van der Waals surface area contributed by atoms with E-state index in [0.29, 0.717) is 6.92 Å². The minimum Gasteiger partial charge on any atom is -0.481 e. The van der Waals surface area contributed by atoms with E-state index in [9.17, 15) is 18.0 Å². The van der Waals surface area contributed by atoms with Crippen molar-refractivity contribution in [1.29, 1.82) is 0 Å². The largest absolute Gasteiger partial charge is 0.481 e. The van der Waals surface area contributed by atoms with Gasteiger partial charge in [0.1, 0.15) is 6.04 Å². The number of halogens is 3. The first-order chi connectivity index (χ1) is 5.80. The number of aliphatic carboxylic acids is 1. The van der Waals surface area contributed by atoms with Crippen LogP contribution in [0.3, 0.4) is 0 Å². The topological polar surface area (TPSA) is 86.1 Å². The van der Waals surface area contributed by atoms with Crippen LogP contribution in [0.25, 0.3) is 10.4 Å². The van der Waals surface area contributed by atoms with E-state index in [1.807, 2.05) is 4.91 Å². The number of carboxylic acid groups (broad SMARTS) is 1. The maximum absolute atomic E-state index is 11.9. The van der Waals surface area contributed by atoms with Crippen LogP contribution in [0.1, 0.15) is 6.92 Å². The summed E-state index contributed by atoms with van der Waals surface area (Å²) < 4.78 is 35.8. The molecule has 1 N–H and O–H groups in total. The second-order valence-electron chi connectivity index (χ2n) is 2.32. The van der Waals surface area contributed by atoms with Crippen LogP contribution in [0.5, 0.6) is 0 Å². The number of nitrogens with zero attached hydrogens (tertiary/aromatic N) is 3. The van der Waals surface area contributed by atoms with Crippen LogP contribution in [0.2, 0.25) is 0 Å². The van der Waals surface area contributed by atoms with Gasteiger partial charge in [-0.25, -0.2) is 0 Å². The lowest BCUT2D eigenvalue weighted by atomic mass is 10.0. The second kappa shape index (κ2) is 3.99. The summed E-state index contributed by atoms with van der Waals surface area (Å²) in [4.78, 5) is 12.2. The lowest BCUT2D eigenvalue weighted by Gasteiger charge is -2.18. The minimum atomic E-state index is -4.68. The molecular weight excluding hydrogens is 191 g/mol. The minimum absolute atomic E-state index is 0.646. The first-order valence-electron chi connectivity index (χ1n) is 3.14. The first-order valence-corrected chi connectivity index (χ1v) is 3.14. The fourth-order valence-corrected chi connectivity index (χ4v) is 0.598. The van der Waals surface area contributed by atoms with Gasteiger partial charge < -0.3 is 5.11 Å². The number of hydrogen-bond donors (Lipinski definition) is 1. The lowest BCUT2D eigenvalue weighted by molar-refractivity contribution is -0.182. The molecule has 2 atom stereocenters. The molecule has 0 heterocycles. The third kappa shape index (κ3) is 3.20. The number of hydrogen-bond acceptors (Lipinski definition) is 2. The summed E-state index contributed by atoms with van der Waals surface area (Å²) in [6.07, 6.45) is -4.68. The van der Waals surface area contributed by atoms with Gasteiger partial charge in [0.15, 0.2) is 0 Å². The molecule has 0 bridgehead atoms. The van der Waals surface area contributed by atoms with E-state index in [1.54, 1.807) is 0 Å². The zero-order valence-corrected chi connectivity index (χ0v) is 6.49. The summed E-state index contributed by atoms with van der Waals surface area (Å²) in [5, 5.41) is 10.8. The molecule has 0 radical (unpaired) electrons. The summed E-state index contributed by atoms with van der Waals surface area (Å²) in [5.74, 6) is -3.98. The molecule has 0 saturated heterocycles. The Labute approximate surface area is 70.8 Å². The molecule has 0 aliphatic carbocycles. The van der Waals surface area contributed by atoms with Crippen molar-refractivity contribution >= 4 is 5.97 Å². The smallest absolute Gasteiger partial charge is 0.392 e. The van der Waals surface area contributed by atoms with E-state index in [4.69, 9.17) is 10.6 Å². The molecule has 0 aromatic heterocycles. The summed E-state index contributed by atoms with van der Waals surface area (Å²) >= 11 is 0. The standard InChI is InChI=1S/C5H6F3N3O2/c1-2(5(6,7)8)3(4(12)13)10-11-9/h2-3H,1H3,(H,12,13)/t2-,3?/m1/s1. The van der Waals surface area contributed by atoms with Gasteiger partial charge in [0.25, 0.3) is 0 Å². The zero-order valence-electron chi connectivity index (χ0n) is 6.49. The van der Waals surface area contributed by atoms with E-state index in [2.05, 4.69) is 5.11 Å². The highest BCUT2D eigenvalue weighted by molar-refractivity contribution is 5.74. The van der Waals surface area contributed by atoms with Gasteiger partial charge in [-0.3, -0.25) is 4.79 Å². The van der Waals surface area contributed by atoms with Gasteiger partial charge in [0.2, 0.25) is 0 Å². The summed E-state index contributed by atoms with van der Waals surface area (Å²) in [5.41, 5.74) is 7.83. The van der Waals surface area contributed by atoms with Gasteiger partial charge >= 0.3 is 12.1 Å². The van der Waals surface area contributed by atoms with Crippen LogP contribution >= 0.6 is 0 Å². The Morgan fingerprint density at radius 3 is 2.31 bits per heavy atom. The number of azide groups is 1. The Morgan fingerprint density at radius 1 is 1.62 bits per heavy atom. The molecule has 13 heavy (non-hydrogen) atoms. The summed E-state index contributed by atoms with van der Waals surface area (Å²) in [6.45, 7) is 0.646. The molecule has 74 valence electrons. The molecule has 0 fully saturated rings. The maximum Gasteiger partial charge on any atom is 0.392 e. The molecule has 5 nitrogen and oxygen atoms in total. The van der Waals surface area contributed by atoms with Crippen molar-refractivity contribution in [3.8, 4) is 0 Å². The van der Waals surface area contributed by atoms with Crippen molar-refractivity contribution in [3.05, 3.63) is 10.4 Å². The van der Waals surface area contributed by atoms with Crippen LogP contribution < -0.4 is 0 Å². The van der Waals surface area contributed by atoms with Crippen molar-refractivity contribution in [2.45, 2.75) is 19.1 Å². The van der Waals surface area contributed by atoms with E-state index >= 15 is 0 Å². The molecule has 1 unspecified atom stereocenters. The van der Waals surface area contributed by atoms with Crippen LogP contribution in [-0.2, 0) is 4.79 Å². The average molecular weight is 197 g/mol. The van der Waals surface area contributed by atoms with Crippen LogP contribution in [0.4, 0.5) is 13.2 Å². The maximum atomic E-state index is 11.9. The first kappa shape index (κ1) is 11.6. The number of rotatable bonds is 3. The van der Waals surface area contributed by atoms with Crippen molar-refractivity contribution in [2.75, 3.05) is 0 Å².